The maximum absolute atomic E-state index is 10.3. The first-order valence-electron chi connectivity index (χ1n) is 7.21. The van der Waals surface area contributed by atoms with Crippen molar-refractivity contribution >= 4 is 34.3 Å². The molecule has 1 fully saturated rings. The summed E-state index contributed by atoms with van der Waals surface area (Å²) in [6.07, 6.45) is -2.72. The smallest absolute Gasteiger partial charge is 0.226 e. The third-order valence-electron chi connectivity index (χ3n) is 4.26. The van der Waals surface area contributed by atoms with Crippen molar-refractivity contribution in [1.82, 2.24) is 14.5 Å². The Labute approximate surface area is 140 Å². The van der Waals surface area contributed by atoms with Crippen LogP contribution < -0.4 is 10.7 Å². The molecule has 2 aromatic heterocycles. The van der Waals surface area contributed by atoms with Crippen molar-refractivity contribution in [2.24, 2.45) is 10.8 Å². The number of rotatable bonds is 2. The molecule has 0 aliphatic carbocycles. The Bertz CT molecular complexity index is 855. The van der Waals surface area contributed by atoms with Gasteiger partial charge < -0.3 is 30.4 Å². The second-order valence-corrected chi connectivity index (χ2v) is 6.04. The van der Waals surface area contributed by atoms with E-state index in [0.29, 0.717) is 22.4 Å². The van der Waals surface area contributed by atoms with Gasteiger partial charge in [-0.05, 0) is 11.6 Å². The van der Waals surface area contributed by atoms with Crippen LogP contribution in [-0.4, -0.2) is 67.7 Å². The maximum Gasteiger partial charge on any atom is 0.226 e. The zero-order valence-electron chi connectivity index (χ0n) is 12.5. The van der Waals surface area contributed by atoms with Gasteiger partial charge in [-0.15, -0.1) is 0 Å². The molecule has 4 heterocycles. The number of ether oxygens (including phenoxy) is 1. The maximum atomic E-state index is 10.3. The van der Waals surface area contributed by atoms with Gasteiger partial charge in [-0.1, -0.05) is 0 Å². The highest BCUT2D eigenvalue weighted by Crippen LogP contribution is 2.37. The first-order chi connectivity index (χ1) is 11.4. The molecular formula is C13H15ClN6O4. The number of hydrazone groups is 1. The van der Waals surface area contributed by atoms with Gasteiger partial charge in [-0.3, -0.25) is 0 Å². The van der Waals surface area contributed by atoms with Gasteiger partial charge in [-0.2, -0.15) is 15.1 Å². The van der Waals surface area contributed by atoms with Crippen molar-refractivity contribution < 1.29 is 20.1 Å². The molecule has 0 unspecified atom stereocenters. The number of amidine groups is 1. The molecule has 0 saturated carbocycles. The standard InChI is InChI=1S/C13H15ClN6O4/c1-19-10-6-4(9(15)18-19)2-20(11(6)17-13(14)16-10)12-8(23)7(22)5(3-21)24-12/h2,5,7-8,12,21-23H,3H2,1H3,(H2,15,18)/t5-,7-,8-,12-/m1/s1. The van der Waals surface area contributed by atoms with Crippen molar-refractivity contribution in [3.8, 4) is 0 Å². The lowest BCUT2D eigenvalue weighted by molar-refractivity contribution is -0.0508. The minimum absolute atomic E-state index is 0.00216. The summed E-state index contributed by atoms with van der Waals surface area (Å²) in [4.78, 5) is 8.37. The number of nitrogens with two attached hydrogens (primary N) is 1. The predicted octanol–water partition coefficient (Wildman–Crippen LogP) is -1.23. The first kappa shape index (κ1) is 15.5. The van der Waals surface area contributed by atoms with Crippen molar-refractivity contribution in [2.75, 3.05) is 18.7 Å². The van der Waals surface area contributed by atoms with E-state index in [2.05, 4.69) is 15.1 Å². The summed E-state index contributed by atoms with van der Waals surface area (Å²) in [7, 11) is 1.68. The fourth-order valence-electron chi connectivity index (χ4n) is 3.10. The van der Waals surface area contributed by atoms with Gasteiger partial charge in [-0.25, -0.2) is 5.01 Å². The van der Waals surface area contributed by atoms with Gasteiger partial charge >= 0.3 is 0 Å². The van der Waals surface area contributed by atoms with Crippen molar-refractivity contribution in [3.63, 3.8) is 0 Å². The van der Waals surface area contributed by atoms with Crippen LogP contribution in [0.3, 0.4) is 0 Å². The monoisotopic (exact) mass is 354 g/mol. The Kier molecular flexibility index (Phi) is 3.41. The van der Waals surface area contributed by atoms with Crippen LogP contribution in [0.25, 0.3) is 11.0 Å². The summed E-state index contributed by atoms with van der Waals surface area (Å²) in [5.41, 5.74) is 6.94. The molecule has 2 aliphatic heterocycles. The Morgan fingerprint density at radius 2 is 2.08 bits per heavy atom. The Morgan fingerprint density at radius 1 is 1.33 bits per heavy atom. The van der Waals surface area contributed by atoms with Gasteiger partial charge in [0.25, 0.3) is 0 Å². The Morgan fingerprint density at radius 3 is 2.75 bits per heavy atom. The van der Waals surface area contributed by atoms with Crippen LogP contribution in [0.1, 0.15) is 11.8 Å². The van der Waals surface area contributed by atoms with E-state index in [0.717, 1.165) is 0 Å². The second-order valence-electron chi connectivity index (χ2n) is 5.70. The third kappa shape index (κ3) is 2.01. The number of hydrogen-bond donors (Lipinski definition) is 4. The van der Waals surface area contributed by atoms with E-state index in [9.17, 15) is 15.3 Å². The van der Waals surface area contributed by atoms with Crippen LogP contribution in [0.15, 0.2) is 11.3 Å². The summed E-state index contributed by atoms with van der Waals surface area (Å²) in [5, 5.41) is 35.8. The summed E-state index contributed by atoms with van der Waals surface area (Å²) >= 11 is 6.00. The van der Waals surface area contributed by atoms with Crippen LogP contribution in [0.2, 0.25) is 5.28 Å². The first-order valence-corrected chi connectivity index (χ1v) is 7.59. The molecular weight excluding hydrogens is 340 g/mol. The van der Waals surface area contributed by atoms with Crippen LogP contribution in [0.4, 0.5) is 5.82 Å². The van der Waals surface area contributed by atoms with Crippen molar-refractivity contribution in [3.05, 3.63) is 17.0 Å². The number of hydrogen-bond acceptors (Lipinski definition) is 9. The molecule has 10 nitrogen and oxygen atoms in total. The summed E-state index contributed by atoms with van der Waals surface area (Å²) in [6, 6.07) is 0. The number of aliphatic hydroxyl groups is 3. The van der Waals surface area contributed by atoms with Crippen LogP contribution >= 0.6 is 11.6 Å². The molecule has 1 saturated heterocycles. The topological polar surface area (TPSA) is 142 Å². The Hall–Kier alpha value is -1.98. The zero-order chi connectivity index (χ0) is 17.2. The minimum atomic E-state index is -1.25. The molecule has 4 rings (SSSR count). The average Bonchev–Trinajstić information content (AvgIpc) is 3.05. The quantitative estimate of drug-likeness (QED) is 0.491. The van der Waals surface area contributed by atoms with Gasteiger partial charge in [0, 0.05) is 18.8 Å². The van der Waals surface area contributed by atoms with Gasteiger partial charge in [0.15, 0.2) is 17.9 Å². The molecule has 4 atom stereocenters. The highest BCUT2D eigenvalue weighted by molar-refractivity contribution is 6.29. The average molecular weight is 355 g/mol. The van der Waals surface area contributed by atoms with Gasteiger partial charge in [0.1, 0.15) is 24.0 Å². The number of anilines is 1. The zero-order valence-corrected chi connectivity index (χ0v) is 13.3. The van der Waals surface area contributed by atoms with E-state index in [4.69, 9.17) is 22.1 Å². The van der Waals surface area contributed by atoms with Gasteiger partial charge in [0.2, 0.25) is 5.28 Å². The largest absolute Gasteiger partial charge is 0.394 e. The summed E-state index contributed by atoms with van der Waals surface area (Å²) in [6.45, 7) is -0.423. The molecule has 0 bridgehead atoms. The molecule has 0 amide bonds. The predicted molar refractivity (Wildman–Crippen MR) is 84.7 cm³/mol. The number of aliphatic hydroxyl groups excluding tert-OH is 3. The lowest BCUT2D eigenvalue weighted by Gasteiger charge is -2.19. The van der Waals surface area contributed by atoms with Crippen LogP contribution in [0, 0.1) is 0 Å². The van der Waals surface area contributed by atoms with Gasteiger partial charge in [0.05, 0.1) is 12.0 Å². The molecule has 24 heavy (non-hydrogen) atoms. The summed E-state index contributed by atoms with van der Waals surface area (Å²) in [5.74, 6) is 0.728. The molecule has 5 N–H and O–H groups in total. The normalized spacial score (nSPS) is 29.4. The lowest BCUT2D eigenvalue weighted by Crippen LogP contribution is -2.33. The van der Waals surface area contributed by atoms with E-state index in [1.807, 2.05) is 0 Å². The minimum Gasteiger partial charge on any atom is -0.394 e. The van der Waals surface area contributed by atoms with Crippen molar-refractivity contribution in [2.45, 2.75) is 24.5 Å². The highest BCUT2D eigenvalue weighted by Gasteiger charge is 2.44. The molecule has 0 radical (unpaired) electrons. The van der Waals surface area contributed by atoms with E-state index in [1.165, 1.54) is 9.58 Å². The van der Waals surface area contributed by atoms with E-state index in [1.54, 1.807) is 13.2 Å². The number of nitrogens with zero attached hydrogens (tertiary/aromatic N) is 5. The van der Waals surface area contributed by atoms with E-state index >= 15 is 0 Å². The Balaban J connectivity index is 1.93. The molecule has 0 spiro atoms. The SMILES string of the molecule is CN1N=C(N)c2cn([C@@H]3O[C@H](CO)[C@@H](O)[C@H]3O)c3nc(Cl)nc1c23. The fourth-order valence-corrected chi connectivity index (χ4v) is 3.26. The highest BCUT2D eigenvalue weighted by atomic mass is 35.5. The molecule has 11 heteroatoms. The van der Waals surface area contributed by atoms with Crippen LogP contribution in [0.5, 0.6) is 0 Å². The fraction of sp³-hybridized carbons (Fsp3) is 0.462. The van der Waals surface area contributed by atoms with E-state index in [-0.39, 0.29) is 11.1 Å². The molecule has 0 aromatic carbocycles. The second kappa shape index (κ2) is 5.26. The lowest BCUT2D eigenvalue weighted by atomic mass is 10.1. The molecule has 128 valence electrons. The van der Waals surface area contributed by atoms with Crippen molar-refractivity contribution in [1.29, 1.82) is 0 Å². The summed E-state index contributed by atoms with van der Waals surface area (Å²) < 4.78 is 7.09. The van der Waals surface area contributed by atoms with E-state index < -0.39 is 31.1 Å². The number of aromatic nitrogens is 3. The molecule has 2 aliphatic rings. The number of halogens is 1. The third-order valence-corrected chi connectivity index (χ3v) is 4.43. The molecule has 2 aromatic rings. The van der Waals surface area contributed by atoms with Crippen LogP contribution in [-0.2, 0) is 4.74 Å².